The highest BCUT2D eigenvalue weighted by molar-refractivity contribution is 5.77. The van der Waals surface area contributed by atoms with E-state index in [1.165, 1.54) is 12.1 Å². The average molecular weight is 315 g/mol. The second kappa shape index (κ2) is 9.09. The second-order valence-electron chi connectivity index (χ2n) is 5.03. The van der Waals surface area contributed by atoms with E-state index in [0.717, 1.165) is 23.1 Å². The first kappa shape index (κ1) is 18.9. The number of carbonyl (C=O) groups excluding carboxylic acids is 1. The molecule has 124 valence electrons. The maximum atomic E-state index is 13.2. The van der Waals surface area contributed by atoms with Gasteiger partial charge in [-0.15, -0.1) is 0 Å². The number of hydrogen-bond acceptors (Lipinski definition) is 1. The molecule has 0 N–H and O–H groups in total. The van der Waals surface area contributed by atoms with E-state index in [1.807, 2.05) is 31.7 Å². The monoisotopic (exact) mass is 315 g/mol. The number of allylic oxidation sites excluding steroid dienone is 1. The molecule has 1 aromatic carbocycles. The number of nitrogens with zero attached hydrogens (tertiary/aromatic N) is 1. The molecule has 0 radical (unpaired) electrons. The quantitative estimate of drug-likeness (QED) is 0.747. The first-order valence-corrected chi connectivity index (χ1v) is 8.15. The Morgan fingerprint density at radius 3 is 2.35 bits per heavy atom. The number of carbonyl (C=O) groups is 1. The van der Waals surface area contributed by atoms with Crippen LogP contribution in [-0.2, 0) is 4.79 Å². The van der Waals surface area contributed by atoms with Crippen LogP contribution in [0.3, 0.4) is 0 Å². The Morgan fingerprint density at radius 1 is 1.26 bits per heavy atom. The lowest BCUT2D eigenvalue weighted by Gasteiger charge is -2.38. The normalized spacial score (nSPS) is 17.2. The van der Waals surface area contributed by atoms with Crippen LogP contribution in [0, 0.1) is 5.82 Å². The lowest BCUT2D eigenvalue weighted by Crippen LogP contribution is -2.39. The Hall–Kier alpha value is -2.16. The highest BCUT2D eigenvalue weighted by Crippen LogP contribution is 2.37. The maximum absolute atomic E-state index is 13.2. The molecule has 0 saturated heterocycles. The fraction of sp³-hybridized carbons (Fsp3) is 0.350. The van der Waals surface area contributed by atoms with Gasteiger partial charge in [0.05, 0.1) is 6.04 Å². The molecular formula is C20H26FNO. The van der Waals surface area contributed by atoms with Crippen molar-refractivity contribution in [3.8, 4) is 0 Å². The van der Waals surface area contributed by atoms with Crippen LogP contribution in [0.5, 0.6) is 0 Å². The molecule has 1 heterocycles. The van der Waals surface area contributed by atoms with E-state index in [2.05, 4.69) is 13.2 Å². The molecule has 0 saturated carbocycles. The molecule has 1 aromatic rings. The summed E-state index contributed by atoms with van der Waals surface area (Å²) < 4.78 is 13.2. The van der Waals surface area contributed by atoms with Crippen LogP contribution in [0.1, 0.15) is 45.2 Å². The number of hydrogen-bond donors (Lipinski definition) is 0. The minimum absolute atomic E-state index is 0.0896. The third-order valence-electron chi connectivity index (χ3n) is 3.87. The summed E-state index contributed by atoms with van der Waals surface area (Å²) in [5.41, 5.74) is 2.97. The predicted molar refractivity (Wildman–Crippen MR) is 94.5 cm³/mol. The van der Waals surface area contributed by atoms with Crippen LogP contribution in [0.15, 0.2) is 60.7 Å². The fourth-order valence-corrected chi connectivity index (χ4v) is 2.80. The van der Waals surface area contributed by atoms with Crippen LogP contribution in [0.25, 0.3) is 0 Å². The van der Waals surface area contributed by atoms with Crippen molar-refractivity contribution in [3.05, 3.63) is 72.1 Å². The van der Waals surface area contributed by atoms with Crippen LogP contribution >= 0.6 is 0 Å². The van der Waals surface area contributed by atoms with Crippen LogP contribution < -0.4 is 0 Å². The van der Waals surface area contributed by atoms with E-state index in [1.54, 1.807) is 18.2 Å². The summed E-state index contributed by atoms with van der Waals surface area (Å²) in [5, 5.41) is 0. The van der Waals surface area contributed by atoms with Crippen molar-refractivity contribution in [2.24, 2.45) is 0 Å². The van der Waals surface area contributed by atoms with Crippen molar-refractivity contribution in [1.29, 1.82) is 0 Å². The number of amides is 1. The van der Waals surface area contributed by atoms with Crippen molar-refractivity contribution in [2.75, 3.05) is 6.54 Å². The molecule has 23 heavy (non-hydrogen) atoms. The van der Waals surface area contributed by atoms with E-state index < -0.39 is 0 Å². The third-order valence-corrected chi connectivity index (χ3v) is 3.87. The van der Waals surface area contributed by atoms with Gasteiger partial charge in [0.15, 0.2) is 0 Å². The van der Waals surface area contributed by atoms with Crippen LogP contribution in [0.2, 0.25) is 0 Å². The largest absolute Gasteiger partial charge is 0.331 e. The van der Waals surface area contributed by atoms with E-state index >= 15 is 0 Å². The molecule has 0 spiro atoms. The van der Waals surface area contributed by atoms with E-state index in [-0.39, 0.29) is 17.8 Å². The third kappa shape index (κ3) is 4.19. The van der Waals surface area contributed by atoms with Gasteiger partial charge in [-0.05, 0) is 35.3 Å². The zero-order valence-electron chi connectivity index (χ0n) is 14.3. The summed E-state index contributed by atoms with van der Waals surface area (Å²) in [5.74, 6) is -0.192. The zero-order valence-corrected chi connectivity index (χ0v) is 14.3. The predicted octanol–water partition coefficient (Wildman–Crippen LogP) is 5.20. The standard InChI is InChI=1S/C18H20FNO.C2H6/c1-4-13-11-12-20(17(21)6-3)18(16(13)5-2)14-7-9-15(19)10-8-14;1-2/h4-5,7-10,18H,1-2,6,11-12H2,3H3;1-2H3/t18-;/m0./s1. The van der Waals surface area contributed by atoms with Crippen molar-refractivity contribution < 1.29 is 9.18 Å². The highest BCUT2D eigenvalue weighted by Gasteiger charge is 2.31. The maximum Gasteiger partial charge on any atom is 0.223 e. The minimum Gasteiger partial charge on any atom is -0.331 e. The van der Waals surface area contributed by atoms with Gasteiger partial charge >= 0.3 is 0 Å². The summed E-state index contributed by atoms with van der Waals surface area (Å²) in [4.78, 5) is 14.1. The van der Waals surface area contributed by atoms with Gasteiger partial charge in [0, 0.05) is 13.0 Å². The van der Waals surface area contributed by atoms with E-state index in [4.69, 9.17) is 0 Å². The lowest BCUT2D eigenvalue weighted by atomic mass is 9.87. The van der Waals surface area contributed by atoms with E-state index in [0.29, 0.717) is 13.0 Å². The number of halogens is 1. The molecule has 1 aliphatic heterocycles. The Bertz CT molecular complexity index is 586. The van der Waals surface area contributed by atoms with Gasteiger partial charge in [-0.1, -0.05) is 58.2 Å². The fourth-order valence-electron chi connectivity index (χ4n) is 2.80. The zero-order chi connectivity index (χ0) is 17.4. The molecule has 0 fully saturated rings. The summed E-state index contributed by atoms with van der Waals surface area (Å²) >= 11 is 0. The average Bonchev–Trinajstić information content (AvgIpc) is 2.62. The van der Waals surface area contributed by atoms with Crippen LogP contribution in [-0.4, -0.2) is 17.4 Å². The van der Waals surface area contributed by atoms with Crippen molar-refractivity contribution in [1.82, 2.24) is 4.90 Å². The highest BCUT2D eigenvalue weighted by atomic mass is 19.1. The Kier molecular flexibility index (Phi) is 7.46. The second-order valence-corrected chi connectivity index (χ2v) is 5.03. The molecule has 0 aliphatic carbocycles. The molecule has 0 unspecified atom stereocenters. The molecule has 2 nitrogen and oxygen atoms in total. The number of rotatable bonds is 4. The summed E-state index contributed by atoms with van der Waals surface area (Å²) in [6.45, 7) is 14.2. The van der Waals surface area contributed by atoms with Gasteiger partial charge in [-0.25, -0.2) is 4.39 Å². The SMILES string of the molecule is C=CC1=C(C=C)[C@H](c2ccc(F)cc2)N(C(=O)CC)CC1.CC. The van der Waals surface area contributed by atoms with Gasteiger partial charge in [-0.3, -0.25) is 4.79 Å². The van der Waals surface area contributed by atoms with E-state index in [9.17, 15) is 9.18 Å². The Labute approximate surface area is 139 Å². The van der Waals surface area contributed by atoms with Crippen molar-refractivity contribution >= 4 is 5.91 Å². The molecule has 0 bridgehead atoms. The molecule has 2 rings (SSSR count). The topological polar surface area (TPSA) is 20.3 Å². The Morgan fingerprint density at radius 2 is 1.87 bits per heavy atom. The summed E-state index contributed by atoms with van der Waals surface area (Å²) in [7, 11) is 0. The first-order valence-electron chi connectivity index (χ1n) is 8.15. The van der Waals surface area contributed by atoms with Crippen molar-refractivity contribution in [2.45, 2.75) is 39.7 Å². The first-order chi connectivity index (χ1) is 11.1. The molecular weight excluding hydrogens is 289 g/mol. The number of benzene rings is 1. The van der Waals surface area contributed by atoms with Gasteiger partial charge in [0.25, 0.3) is 0 Å². The smallest absolute Gasteiger partial charge is 0.223 e. The minimum atomic E-state index is -0.281. The summed E-state index contributed by atoms with van der Waals surface area (Å²) in [6, 6.07) is 6.09. The molecule has 3 heteroatoms. The van der Waals surface area contributed by atoms with Gasteiger partial charge in [0.1, 0.15) is 5.82 Å². The Balaban J connectivity index is 0.00000127. The lowest BCUT2D eigenvalue weighted by molar-refractivity contribution is -0.132. The molecule has 0 aromatic heterocycles. The summed E-state index contributed by atoms with van der Waals surface area (Å²) in [6.07, 6.45) is 4.82. The van der Waals surface area contributed by atoms with Crippen LogP contribution in [0.4, 0.5) is 4.39 Å². The molecule has 1 aliphatic rings. The van der Waals surface area contributed by atoms with Gasteiger partial charge in [0.2, 0.25) is 5.91 Å². The van der Waals surface area contributed by atoms with Crippen molar-refractivity contribution in [3.63, 3.8) is 0 Å². The molecule has 1 atom stereocenters. The van der Waals surface area contributed by atoms with Gasteiger partial charge < -0.3 is 4.90 Å². The van der Waals surface area contributed by atoms with Gasteiger partial charge in [-0.2, -0.15) is 0 Å². The molecule has 1 amide bonds.